The van der Waals surface area contributed by atoms with Crippen LogP contribution >= 0.6 is 0 Å². The quantitative estimate of drug-likeness (QED) is 0.735. The van der Waals surface area contributed by atoms with Crippen molar-refractivity contribution in [1.82, 2.24) is 15.0 Å². The van der Waals surface area contributed by atoms with E-state index in [0.29, 0.717) is 12.8 Å². The van der Waals surface area contributed by atoms with Crippen molar-refractivity contribution in [2.24, 2.45) is 5.10 Å². The molecule has 0 radical (unpaired) electrons. The maximum absolute atomic E-state index is 12.4. The highest BCUT2D eigenvalue weighted by atomic mass is 16.2. The number of carbonyl (C=O) groups is 1. The van der Waals surface area contributed by atoms with E-state index >= 15 is 0 Å². The van der Waals surface area contributed by atoms with Gasteiger partial charge in [0.2, 0.25) is 5.91 Å². The van der Waals surface area contributed by atoms with Crippen LogP contribution < -0.4 is 0 Å². The second-order valence-electron chi connectivity index (χ2n) is 6.03. The summed E-state index contributed by atoms with van der Waals surface area (Å²) >= 11 is 0. The molecule has 0 N–H and O–H groups in total. The number of rotatable bonds is 3. The van der Waals surface area contributed by atoms with Crippen LogP contribution in [0, 0.1) is 0 Å². The fraction of sp³-hybridized carbons (Fsp3) is 0.200. The third-order valence-corrected chi connectivity index (χ3v) is 4.45. The summed E-state index contributed by atoms with van der Waals surface area (Å²) in [6, 6.07) is 15.9. The van der Waals surface area contributed by atoms with Crippen LogP contribution in [-0.2, 0) is 4.79 Å². The number of nitrogens with zero attached hydrogens (tertiary/aromatic N) is 4. The Morgan fingerprint density at radius 1 is 1.08 bits per heavy atom. The molecular weight excluding hydrogens is 312 g/mol. The third kappa shape index (κ3) is 2.89. The van der Waals surface area contributed by atoms with Crippen molar-refractivity contribution < 1.29 is 4.79 Å². The first kappa shape index (κ1) is 15.4. The predicted octanol–water partition coefficient (Wildman–Crippen LogP) is 3.72. The third-order valence-electron chi connectivity index (χ3n) is 4.45. The Labute approximate surface area is 146 Å². The van der Waals surface area contributed by atoms with Gasteiger partial charge in [-0.05, 0) is 23.3 Å². The molecule has 0 saturated carbocycles. The maximum atomic E-state index is 12.4. The van der Waals surface area contributed by atoms with E-state index in [1.165, 1.54) is 0 Å². The number of benzene rings is 2. The average Bonchev–Trinajstić information content (AvgIpc) is 3.13. The van der Waals surface area contributed by atoms with E-state index < -0.39 is 0 Å². The Morgan fingerprint density at radius 3 is 2.60 bits per heavy atom. The van der Waals surface area contributed by atoms with Crippen molar-refractivity contribution >= 4 is 22.7 Å². The number of carbonyl (C=O) groups excluding carboxylic acids is 1. The minimum Gasteiger partial charge on any atom is -0.273 e. The number of hydrazone groups is 1. The van der Waals surface area contributed by atoms with E-state index in [4.69, 9.17) is 0 Å². The molecule has 1 atom stereocenters. The molecule has 4 rings (SSSR count). The zero-order valence-corrected chi connectivity index (χ0v) is 14.0. The number of aromatic nitrogens is 2. The van der Waals surface area contributed by atoms with Gasteiger partial charge in [0.1, 0.15) is 0 Å². The van der Waals surface area contributed by atoms with Crippen LogP contribution in [0.2, 0.25) is 0 Å². The first-order valence-corrected chi connectivity index (χ1v) is 8.42. The minimum absolute atomic E-state index is 0.0233. The second-order valence-corrected chi connectivity index (χ2v) is 6.03. The van der Waals surface area contributed by atoms with Gasteiger partial charge in [-0.15, -0.1) is 0 Å². The summed E-state index contributed by atoms with van der Waals surface area (Å²) in [6.07, 6.45) is 4.49. The topological polar surface area (TPSA) is 58.5 Å². The summed E-state index contributed by atoms with van der Waals surface area (Å²) in [5.41, 5.74) is 4.70. The van der Waals surface area contributed by atoms with Gasteiger partial charge in [0.15, 0.2) is 0 Å². The van der Waals surface area contributed by atoms with E-state index in [9.17, 15) is 4.79 Å². The van der Waals surface area contributed by atoms with E-state index in [1.54, 1.807) is 17.4 Å². The molecule has 2 aromatic carbocycles. The van der Waals surface area contributed by atoms with Crippen LogP contribution in [0.25, 0.3) is 11.0 Å². The van der Waals surface area contributed by atoms with Crippen molar-refractivity contribution in [1.29, 1.82) is 0 Å². The van der Waals surface area contributed by atoms with Gasteiger partial charge in [0.05, 0.1) is 22.8 Å². The first-order valence-electron chi connectivity index (χ1n) is 8.42. The molecule has 0 saturated heterocycles. The average molecular weight is 330 g/mol. The lowest BCUT2D eigenvalue weighted by molar-refractivity contribution is -0.132. The Bertz CT molecular complexity index is 952. The number of hydrogen-bond donors (Lipinski definition) is 0. The van der Waals surface area contributed by atoms with Gasteiger partial charge in [0, 0.05) is 25.2 Å². The lowest BCUT2D eigenvalue weighted by Gasteiger charge is -2.21. The predicted molar refractivity (Wildman–Crippen MR) is 97.0 cm³/mol. The molecule has 0 unspecified atom stereocenters. The molecule has 1 aliphatic rings. The number of hydrogen-bond acceptors (Lipinski definition) is 4. The van der Waals surface area contributed by atoms with Crippen LogP contribution in [0.5, 0.6) is 0 Å². The standard InChI is InChI=1S/C20H18N4O/c1-2-20(25)24-19(13-17(23-24)14-6-4-3-5-7-14)15-8-9-16-18(12-15)22-11-10-21-16/h3-12,19H,2,13H2,1H3/t19-/m1/s1. The van der Waals surface area contributed by atoms with Gasteiger partial charge in [-0.2, -0.15) is 5.10 Å². The molecule has 0 fully saturated rings. The molecule has 0 bridgehead atoms. The van der Waals surface area contributed by atoms with Crippen molar-refractivity contribution in [3.05, 3.63) is 72.1 Å². The Kier molecular flexibility index (Phi) is 3.98. The number of fused-ring (bicyclic) bond motifs is 1. The molecule has 5 nitrogen and oxygen atoms in total. The largest absolute Gasteiger partial charge is 0.273 e. The van der Waals surface area contributed by atoms with Gasteiger partial charge in [-0.25, -0.2) is 5.01 Å². The minimum atomic E-state index is -0.103. The van der Waals surface area contributed by atoms with E-state index in [1.807, 2.05) is 55.5 Å². The highest BCUT2D eigenvalue weighted by Crippen LogP contribution is 2.34. The Hall–Kier alpha value is -3.08. The zero-order chi connectivity index (χ0) is 17.2. The van der Waals surface area contributed by atoms with Crippen molar-refractivity contribution in [3.63, 3.8) is 0 Å². The molecule has 3 aromatic rings. The Morgan fingerprint density at radius 2 is 1.84 bits per heavy atom. The summed E-state index contributed by atoms with van der Waals surface area (Å²) in [7, 11) is 0. The SMILES string of the molecule is CCC(=O)N1N=C(c2ccccc2)C[C@@H]1c1ccc2nccnc2c1. The molecule has 1 aromatic heterocycles. The van der Waals surface area contributed by atoms with Gasteiger partial charge in [0.25, 0.3) is 0 Å². The van der Waals surface area contributed by atoms with Crippen molar-refractivity contribution in [2.45, 2.75) is 25.8 Å². The summed E-state index contributed by atoms with van der Waals surface area (Å²) in [4.78, 5) is 21.1. The van der Waals surface area contributed by atoms with Gasteiger partial charge in [-0.3, -0.25) is 14.8 Å². The summed E-state index contributed by atoms with van der Waals surface area (Å²) in [6.45, 7) is 1.86. The lowest BCUT2D eigenvalue weighted by Crippen LogP contribution is -2.26. The first-order chi connectivity index (χ1) is 12.3. The molecule has 25 heavy (non-hydrogen) atoms. The van der Waals surface area contributed by atoms with E-state index in [0.717, 1.165) is 27.9 Å². The van der Waals surface area contributed by atoms with Gasteiger partial charge < -0.3 is 0 Å². The van der Waals surface area contributed by atoms with Crippen LogP contribution in [0.4, 0.5) is 0 Å². The van der Waals surface area contributed by atoms with Crippen molar-refractivity contribution in [2.75, 3.05) is 0 Å². The van der Waals surface area contributed by atoms with Gasteiger partial charge in [-0.1, -0.05) is 43.3 Å². The summed E-state index contributed by atoms with van der Waals surface area (Å²) < 4.78 is 0. The van der Waals surface area contributed by atoms with Crippen LogP contribution in [-0.4, -0.2) is 26.6 Å². The molecule has 124 valence electrons. The normalized spacial score (nSPS) is 16.9. The highest BCUT2D eigenvalue weighted by molar-refractivity contribution is 6.03. The second kappa shape index (κ2) is 6.43. The van der Waals surface area contributed by atoms with Gasteiger partial charge >= 0.3 is 0 Å². The maximum Gasteiger partial charge on any atom is 0.242 e. The molecular formula is C20H18N4O. The Balaban J connectivity index is 1.73. The molecule has 1 aliphatic heterocycles. The van der Waals surface area contributed by atoms with Crippen LogP contribution in [0.1, 0.15) is 36.9 Å². The van der Waals surface area contributed by atoms with Crippen molar-refractivity contribution in [3.8, 4) is 0 Å². The highest BCUT2D eigenvalue weighted by Gasteiger charge is 2.32. The molecule has 1 amide bonds. The summed E-state index contributed by atoms with van der Waals surface area (Å²) in [5.74, 6) is 0.0233. The van der Waals surface area contributed by atoms with Crippen LogP contribution in [0.3, 0.4) is 0 Å². The van der Waals surface area contributed by atoms with E-state index in [2.05, 4.69) is 15.1 Å². The fourth-order valence-corrected chi connectivity index (χ4v) is 3.15. The zero-order valence-electron chi connectivity index (χ0n) is 14.0. The molecule has 0 aliphatic carbocycles. The molecule has 5 heteroatoms. The summed E-state index contributed by atoms with van der Waals surface area (Å²) in [5, 5.41) is 6.26. The number of amides is 1. The fourth-order valence-electron chi connectivity index (χ4n) is 3.15. The molecule has 2 heterocycles. The monoisotopic (exact) mass is 330 g/mol. The lowest BCUT2D eigenvalue weighted by atomic mass is 9.98. The van der Waals surface area contributed by atoms with Crippen LogP contribution in [0.15, 0.2) is 66.0 Å². The molecule has 0 spiro atoms. The smallest absolute Gasteiger partial charge is 0.242 e. The van der Waals surface area contributed by atoms with E-state index in [-0.39, 0.29) is 11.9 Å².